The van der Waals surface area contributed by atoms with E-state index in [0.717, 1.165) is 26.2 Å². The monoisotopic (exact) mass is 347 g/mol. The Bertz CT molecular complexity index is 760. The van der Waals surface area contributed by atoms with Gasteiger partial charge >= 0.3 is 0 Å². The van der Waals surface area contributed by atoms with E-state index in [2.05, 4.69) is 51.5 Å². The molecule has 20 heavy (non-hydrogen) atoms. The highest BCUT2D eigenvalue weighted by Crippen LogP contribution is 2.39. The second kappa shape index (κ2) is 5.07. The molecule has 3 rings (SSSR count). The van der Waals surface area contributed by atoms with Crippen LogP contribution in [0.3, 0.4) is 0 Å². The number of aryl methyl sites for hydroxylation is 2. The van der Waals surface area contributed by atoms with Crippen molar-refractivity contribution in [2.45, 2.75) is 6.92 Å². The first kappa shape index (κ1) is 13.4. The molecule has 5 heteroatoms. The van der Waals surface area contributed by atoms with E-state index in [9.17, 15) is 0 Å². The fourth-order valence-electron chi connectivity index (χ4n) is 2.28. The molecular weight excluding hydrogens is 334 g/mol. The predicted molar refractivity (Wildman–Crippen MR) is 88.8 cm³/mol. The van der Waals surface area contributed by atoms with Gasteiger partial charge in [-0.3, -0.25) is 4.68 Å². The van der Waals surface area contributed by atoms with E-state index >= 15 is 0 Å². The Labute approximate surface area is 130 Å². The lowest BCUT2D eigenvalue weighted by Gasteiger charge is -2.06. The Kier molecular flexibility index (Phi) is 3.40. The highest BCUT2D eigenvalue weighted by atomic mass is 79.9. The topological polar surface area (TPSA) is 43.8 Å². The largest absolute Gasteiger partial charge is 0.383 e. The Morgan fingerprint density at radius 3 is 2.75 bits per heavy atom. The van der Waals surface area contributed by atoms with Crippen LogP contribution in [0.15, 0.2) is 40.2 Å². The fraction of sp³-hybridized carbons (Fsp3) is 0.133. The van der Waals surface area contributed by atoms with Gasteiger partial charge in [0.2, 0.25) is 0 Å². The summed E-state index contributed by atoms with van der Waals surface area (Å²) in [7, 11) is 1.88. The summed E-state index contributed by atoms with van der Waals surface area (Å²) < 4.78 is 2.81. The minimum atomic E-state index is 0.699. The summed E-state index contributed by atoms with van der Waals surface area (Å²) in [6, 6.07) is 10.3. The van der Waals surface area contributed by atoms with E-state index in [-0.39, 0.29) is 0 Å². The molecule has 0 unspecified atom stereocenters. The standard InChI is InChI=1S/C15H14BrN3S/c1-9-8-10(16)5-6-11(9)14-13(12-4-3-7-20-12)15(17)19(2)18-14/h3-8H,17H2,1-2H3. The molecule has 0 amide bonds. The van der Waals surface area contributed by atoms with Gasteiger partial charge in [0, 0.05) is 22.0 Å². The van der Waals surface area contributed by atoms with Gasteiger partial charge in [0.15, 0.2) is 0 Å². The number of nitrogens with two attached hydrogens (primary N) is 1. The van der Waals surface area contributed by atoms with Crippen LogP contribution in [-0.4, -0.2) is 9.78 Å². The quantitative estimate of drug-likeness (QED) is 0.743. The van der Waals surface area contributed by atoms with Gasteiger partial charge in [0.25, 0.3) is 0 Å². The van der Waals surface area contributed by atoms with Gasteiger partial charge in [-0.2, -0.15) is 5.10 Å². The van der Waals surface area contributed by atoms with Gasteiger partial charge in [0.1, 0.15) is 11.5 Å². The maximum Gasteiger partial charge on any atom is 0.130 e. The van der Waals surface area contributed by atoms with E-state index in [1.807, 2.05) is 19.2 Å². The van der Waals surface area contributed by atoms with Crippen LogP contribution in [0.5, 0.6) is 0 Å². The van der Waals surface area contributed by atoms with Crippen LogP contribution in [0.2, 0.25) is 0 Å². The number of hydrogen-bond acceptors (Lipinski definition) is 3. The number of hydrogen-bond donors (Lipinski definition) is 1. The summed E-state index contributed by atoms with van der Waals surface area (Å²) in [4.78, 5) is 1.15. The molecule has 0 saturated carbocycles. The van der Waals surface area contributed by atoms with Gasteiger partial charge in [-0.05, 0) is 36.1 Å². The van der Waals surface area contributed by atoms with Crippen molar-refractivity contribution in [3.8, 4) is 21.7 Å². The number of halogens is 1. The first-order valence-corrected chi connectivity index (χ1v) is 7.88. The van der Waals surface area contributed by atoms with Crippen LogP contribution < -0.4 is 5.73 Å². The van der Waals surface area contributed by atoms with Crippen molar-refractivity contribution >= 4 is 33.1 Å². The maximum atomic E-state index is 6.21. The van der Waals surface area contributed by atoms with Gasteiger partial charge in [-0.25, -0.2) is 0 Å². The summed E-state index contributed by atoms with van der Waals surface area (Å²) in [6.45, 7) is 2.09. The van der Waals surface area contributed by atoms with Crippen molar-refractivity contribution in [3.63, 3.8) is 0 Å². The van der Waals surface area contributed by atoms with Crippen LogP contribution in [0.1, 0.15) is 5.56 Å². The molecule has 3 nitrogen and oxygen atoms in total. The van der Waals surface area contributed by atoms with Crippen molar-refractivity contribution < 1.29 is 0 Å². The van der Waals surface area contributed by atoms with Crippen molar-refractivity contribution in [2.75, 3.05) is 5.73 Å². The molecular formula is C15H14BrN3S. The predicted octanol–water partition coefficient (Wildman–Crippen LogP) is 4.47. The van der Waals surface area contributed by atoms with Crippen molar-refractivity contribution in [1.82, 2.24) is 9.78 Å². The Morgan fingerprint density at radius 2 is 2.10 bits per heavy atom. The van der Waals surface area contributed by atoms with Crippen molar-refractivity contribution in [1.29, 1.82) is 0 Å². The molecule has 0 aliphatic rings. The van der Waals surface area contributed by atoms with Gasteiger partial charge < -0.3 is 5.73 Å². The number of thiophene rings is 1. The second-order valence-electron chi connectivity index (χ2n) is 4.67. The normalized spacial score (nSPS) is 10.9. The lowest BCUT2D eigenvalue weighted by atomic mass is 10.0. The number of nitrogens with zero attached hydrogens (tertiary/aromatic N) is 2. The summed E-state index contributed by atoms with van der Waals surface area (Å²) in [6.07, 6.45) is 0. The molecule has 2 heterocycles. The molecule has 1 aromatic carbocycles. The van der Waals surface area contributed by atoms with Crippen LogP contribution >= 0.6 is 27.3 Å². The van der Waals surface area contributed by atoms with E-state index in [1.165, 1.54) is 5.56 Å². The zero-order chi connectivity index (χ0) is 14.3. The third-order valence-corrected chi connectivity index (χ3v) is 4.68. The Hall–Kier alpha value is -1.59. The SMILES string of the molecule is Cc1cc(Br)ccc1-c1nn(C)c(N)c1-c1cccs1. The lowest BCUT2D eigenvalue weighted by Crippen LogP contribution is -1.97. The highest BCUT2D eigenvalue weighted by molar-refractivity contribution is 9.10. The molecule has 102 valence electrons. The lowest BCUT2D eigenvalue weighted by molar-refractivity contribution is 0.782. The Morgan fingerprint density at radius 1 is 1.30 bits per heavy atom. The fourth-order valence-corrected chi connectivity index (χ4v) is 3.54. The smallest absolute Gasteiger partial charge is 0.130 e. The first-order chi connectivity index (χ1) is 9.58. The number of rotatable bonds is 2. The van der Waals surface area contributed by atoms with E-state index in [1.54, 1.807) is 16.0 Å². The van der Waals surface area contributed by atoms with Crippen LogP contribution in [-0.2, 0) is 7.05 Å². The molecule has 0 aliphatic carbocycles. The average Bonchev–Trinajstić information content (AvgIpc) is 2.99. The molecule has 3 aromatic rings. The van der Waals surface area contributed by atoms with Gasteiger partial charge in [-0.1, -0.05) is 28.1 Å². The molecule has 0 atom stereocenters. The summed E-state index contributed by atoms with van der Waals surface area (Å²) in [5, 5.41) is 6.67. The maximum absolute atomic E-state index is 6.21. The zero-order valence-corrected chi connectivity index (χ0v) is 13.6. The molecule has 0 saturated heterocycles. The number of nitrogen functional groups attached to an aromatic ring is 1. The molecule has 2 N–H and O–H groups in total. The van der Waals surface area contributed by atoms with Crippen molar-refractivity contribution in [3.05, 3.63) is 45.7 Å². The summed E-state index contributed by atoms with van der Waals surface area (Å²) in [5.74, 6) is 0.699. The molecule has 0 radical (unpaired) electrons. The minimum absolute atomic E-state index is 0.699. The number of benzene rings is 1. The average molecular weight is 348 g/mol. The van der Waals surface area contributed by atoms with Gasteiger partial charge in [-0.15, -0.1) is 11.3 Å². The van der Waals surface area contributed by atoms with Crippen molar-refractivity contribution in [2.24, 2.45) is 7.05 Å². The second-order valence-corrected chi connectivity index (χ2v) is 6.53. The van der Waals surface area contributed by atoms with E-state index in [0.29, 0.717) is 5.82 Å². The third-order valence-electron chi connectivity index (χ3n) is 3.30. The molecule has 0 bridgehead atoms. The third kappa shape index (κ3) is 2.17. The zero-order valence-electron chi connectivity index (χ0n) is 11.2. The Balaban J connectivity index is 2.27. The summed E-state index contributed by atoms with van der Waals surface area (Å²) in [5.41, 5.74) is 10.5. The highest BCUT2D eigenvalue weighted by Gasteiger charge is 2.19. The number of aromatic nitrogens is 2. The minimum Gasteiger partial charge on any atom is -0.383 e. The van der Waals surface area contributed by atoms with Crippen LogP contribution in [0, 0.1) is 6.92 Å². The van der Waals surface area contributed by atoms with Crippen LogP contribution in [0.25, 0.3) is 21.7 Å². The van der Waals surface area contributed by atoms with E-state index in [4.69, 9.17) is 5.73 Å². The summed E-state index contributed by atoms with van der Waals surface area (Å²) >= 11 is 5.18. The van der Waals surface area contributed by atoms with Crippen LogP contribution in [0.4, 0.5) is 5.82 Å². The molecule has 0 spiro atoms. The first-order valence-electron chi connectivity index (χ1n) is 6.21. The molecule has 0 fully saturated rings. The molecule has 0 aliphatic heterocycles. The molecule has 2 aromatic heterocycles. The number of anilines is 1. The van der Waals surface area contributed by atoms with E-state index < -0.39 is 0 Å². The van der Waals surface area contributed by atoms with Gasteiger partial charge in [0.05, 0.1) is 5.56 Å².